The lowest BCUT2D eigenvalue weighted by Gasteiger charge is -2.37. The van der Waals surface area contributed by atoms with Crippen molar-refractivity contribution < 1.29 is 15.0 Å². The Labute approximate surface area is 181 Å². The number of aryl methyl sites for hydroxylation is 1. The molecule has 1 saturated heterocycles. The van der Waals surface area contributed by atoms with Crippen molar-refractivity contribution in [1.29, 1.82) is 0 Å². The Kier molecular flexibility index (Phi) is 5.93. The number of para-hydroxylation sites is 1. The first-order chi connectivity index (χ1) is 15.0. The lowest BCUT2D eigenvalue weighted by atomic mass is 9.89. The van der Waals surface area contributed by atoms with Gasteiger partial charge in [0.1, 0.15) is 11.6 Å². The number of aromatic nitrogens is 2. The summed E-state index contributed by atoms with van der Waals surface area (Å²) < 4.78 is 0. The number of phenolic OH excluding ortho intramolecular Hbond substituents is 1. The molecule has 4 rings (SSSR count). The lowest BCUT2D eigenvalue weighted by Crippen LogP contribution is -2.47. The first-order valence-electron chi connectivity index (χ1n) is 10.8. The van der Waals surface area contributed by atoms with Gasteiger partial charge in [-0.05, 0) is 61.9 Å². The molecule has 1 aliphatic rings. The van der Waals surface area contributed by atoms with Gasteiger partial charge < -0.3 is 20.4 Å². The zero-order valence-electron chi connectivity index (χ0n) is 17.9. The number of fused-ring (bicyclic) bond motifs is 1. The monoisotopic (exact) mass is 420 g/mol. The largest absolute Gasteiger partial charge is 0.507 e. The predicted octanol–water partition coefficient (Wildman–Crippen LogP) is 4.57. The van der Waals surface area contributed by atoms with Crippen LogP contribution in [0.5, 0.6) is 5.75 Å². The maximum atomic E-state index is 11.2. The van der Waals surface area contributed by atoms with Gasteiger partial charge >= 0.3 is 6.09 Å². The van der Waals surface area contributed by atoms with E-state index in [2.05, 4.69) is 16.3 Å². The Morgan fingerprint density at radius 3 is 2.81 bits per heavy atom. The summed E-state index contributed by atoms with van der Waals surface area (Å²) in [6.07, 6.45) is 1.71. The van der Waals surface area contributed by atoms with Gasteiger partial charge in [-0.25, -0.2) is 14.8 Å². The average Bonchev–Trinajstić information content (AvgIpc) is 2.76. The maximum Gasteiger partial charge on any atom is 0.404 e. The lowest BCUT2D eigenvalue weighted by molar-refractivity contribution is 0.180. The fraction of sp³-hybridized carbons (Fsp3) is 0.375. The van der Waals surface area contributed by atoms with Crippen LogP contribution < -0.4 is 10.2 Å². The topological polar surface area (TPSA) is 98.6 Å². The second-order valence-electron chi connectivity index (χ2n) is 8.22. The smallest absolute Gasteiger partial charge is 0.404 e. The second kappa shape index (κ2) is 8.79. The molecular weight excluding hydrogens is 392 g/mol. The van der Waals surface area contributed by atoms with Crippen molar-refractivity contribution in [3.8, 4) is 17.1 Å². The molecule has 0 bridgehead atoms. The molecule has 162 valence electrons. The van der Waals surface area contributed by atoms with Gasteiger partial charge in [0.25, 0.3) is 0 Å². The molecule has 0 saturated carbocycles. The summed E-state index contributed by atoms with van der Waals surface area (Å²) in [5.74, 6) is 1.68. The molecule has 7 nitrogen and oxygen atoms in total. The zero-order chi connectivity index (χ0) is 22.0. The van der Waals surface area contributed by atoms with Crippen LogP contribution in [0.25, 0.3) is 22.3 Å². The average molecular weight is 421 g/mol. The van der Waals surface area contributed by atoms with Crippen molar-refractivity contribution in [1.82, 2.24) is 15.3 Å². The molecular formula is C24H28N4O3. The number of anilines is 1. The van der Waals surface area contributed by atoms with E-state index in [1.54, 1.807) is 12.1 Å². The van der Waals surface area contributed by atoms with Crippen molar-refractivity contribution in [3.05, 3.63) is 48.0 Å². The number of piperidine rings is 1. The maximum absolute atomic E-state index is 11.2. The quantitative estimate of drug-likeness (QED) is 0.559. The van der Waals surface area contributed by atoms with E-state index in [-0.39, 0.29) is 17.7 Å². The number of phenols is 1. The van der Waals surface area contributed by atoms with Crippen LogP contribution in [-0.2, 0) is 0 Å². The van der Waals surface area contributed by atoms with Crippen molar-refractivity contribution >= 4 is 22.8 Å². The molecule has 7 heteroatoms. The van der Waals surface area contributed by atoms with E-state index >= 15 is 0 Å². The standard InChI is InChI=1S/C24H28N4O3/c1-3-19(26-24(30)31)16-7-6-12-28(14-16)23-17-11-10-15(2)13-20(17)25-22(27-23)18-8-4-5-9-21(18)29/h4-5,8-11,13,16,19,26,29H,3,6-7,12,14H2,1-2H3,(H,30,31). The molecule has 1 amide bonds. The highest BCUT2D eigenvalue weighted by Gasteiger charge is 2.29. The fourth-order valence-corrected chi connectivity index (χ4v) is 4.49. The van der Waals surface area contributed by atoms with E-state index in [0.29, 0.717) is 11.4 Å². The molecule has 3 aromatic rings. The Balaban J connectivity index is 1.77. The van der Waals surface area contributed by atoms with E-state index in [9.17, 15) is 15.0 Å². The molecule has 2 aromatic carbocycles. The molecule has 2 heterocycles. The zero-order valence-corrected chi connectivity index (χ0v) is 17.9. The van der Waals surface area contributed by atoms with E-state index in [4.69, 9.17) is 9.97 Å². The predicted molar refractivity (Wildman–Crippen MR) is 122 cm³/mol. The highest BCUT2D eigenvalue weighted by atomic mass is 16.4. The van der Waals surface area contributed by atoms with Crippen molar-refractivity contribution in [2.24, 2.45) is 5.92 Å². The van der Waals surface area contributed by atoms with Gasteiger partial charge in [-0.15, -0.1) is 0 Å². The Bertz CT molecular complexity index is 1100. The van der Waals surface area contributed by atoms with Crippen molar-refractivity contribution in [2.75, 3.05) is 18.0 Å². The molecule has 0 aliphatic carbocycles. The number of aromatic hydroxyl groups is 1. The SMILES string of the molecule is CCC(NC(=O)O)C1CCCN(c2nc(-c3ccccc3O)nc3cc(C)ccc23)C1. The first-order valence-corrected chi connectivity index (χ1v) is 10.8. The Hall–Kier alpha value is -3.35. The molecule has 1 fully saturated rings. The highest BCUT2D eigenvalue weighted by Crippen LogP contribution is 2.34. The normalized spacial score (nSPS) is 17.5. The Morgan fingerprint density at radius 2 is 2.06 bits per heavy atom. The number of benzene rings is 2. The molecule has 2 atom stereocenters. The van der Waals surface area contributed by atoms with E-state index in [0.717, 1.165) is 54.6 Å². The van der Waals surface area contributed by atoms with Crippen LogP contribution in [0.3, 0.4) is 0 Å². The van der Waals surface area contributed by atoms with Gasteiger partial charge in [0.2, 0.25) is 0 Å². The molecule has 2 unspecified atom stereocenters. The van der Waals surface area contributed by atoms with Crippen LogP contribution in [0, 0.1) is 12.8 Å². The number of rotatable bonds is 5. The van der Waals surface area contributed by atoms with Crippen molar-refractivity contribution in [3.63, 3.8) is 0 Å². The number of carboxylic acid groups (broad SMARTS) is 1. The summed E-state index contributed by atoms with van der Waals surface area (Å²) in [7, 11) is 0. The number of amides is 1. The van der Waals surface area contributed by atoms with Crippen LogP contribution in [0.15, 0.2) is 42.5 Å². The third kappa shape index (κ3) is 4.40. The minimum atomic E-state index is -0.978. The highest BCUT2D eigenvalue weighted by molar-refractivity contribution is 5.92. The van der Waals surface area contributed by atoms with Gasteiger partial charge in [0, 0.05) is 24.5 Å². The van der Waals surface area contributed by atoms with Gasteiger partial charge in [-0.1, -0.05) is 25.1 Å². The summed E-state index contributed by atoms with van der Waals surface area (Å²) in [6.45, 7) is 5.61. The summed E-state index contributed by atoms with van der Waals surface area (Å²) >= 11 is 0. The van der Waals surface area contributed by atoms with E-state index in [1.165, 1.54) is 0 Å². The van der Waals surface area contributed by atoms with E-state index < -0.39 is 6.09 Å². The number of hydrogen-bond acceptors (Lipinski definition) is 5. The summed E-state index contributed by atoms with van der Waals surface area (Å²) in [6, 6.07) is 13.1. The summed E-state index contributed by atoms with van der Waals surface area (Å²) in [4.78, 5) is 23.1. The van der Waals surface area contributed by atoms with Crippen LogP contribution in [-0.4, -0.2) is 45.4 Å². The molecule has 1 aromatic heterocycles. The van der Waals surface area contributed by atoms with Crippen LogP contribution in [0.2, 0.25) is 0 Å². The van der Waals surface area contributed by atoms with Crippen molar-refractivity contribution in [2.45, 2.75) is 39.2 Å². The van der Waals surface area contributed by atoms with Crippen LogP contribution >= 0.6 is 0 Å². The number of carbonyl (C=O) groups is 1. The number of nitrogens with one attached hydrogen (secondary N) is 1. The molecule has 31 heavy (non-hydrogen) atoms. The van der Waals surface area contributed by atoms with Gasteiger partial charge in [0.15, 0.2) is 5.82 Å². The third-order valence-corrected chi connectivity index (χ3v) is 6.05. The molecule has 0 radical (unpaired) electrons. The van der Waals surface area contributed by atoms with E-state index in [1.807, 2.05) is 38.1 Å². The molecule has 0 spiro atoms. The molecule has 3 N–H and O–H groups in total. The number of nitrogens with zero attached hydrogens (tertiary/aromatic N) is 3. The van der Waals surface area contributed by atoms with Crippen LogP contribution in [0.4, 0.5) is 10.6 Å². The minimum absolute atomic E-state index is 0.0896. The minimum Gasteiger partial charge on any atom is -0.507 e. The first kappa shape index (κ1) is 20.9. The molecule has 1 aliphatic heterocycles. The number of hydrogen-bond donors (Lipinski definition) is 3. The summed E-state index contributed by atoms with van der Waals surface area (Å²) in [5.41, 5.74) is 2.54. The Morgan fingerprint density at radius 1 is 1.26 bits per heavy atom. The van der Waals surface area contributed by atoms with Gasteiger partial charge in [-0.3, -0.25) is 0 Å². The van der Waals surface area contributed by atoms with Gasteiger partial charge in [-0.2, -0.15) is 0 Å². The second-order valence-corrected chi connectivity index (χ2v) is 8.22. The fourth-order valence-electron chi connectivity index (χ4n) is 4.49. The third-order valence-electron chi connectivity index (χ3n) is 6.05. The van der Waals surface area contributed by atoms with Crippen LogP contribution in [0.1, 0.15) is 31.7 Å². The summed E-state index contributed by atoms with van der Waals surface area (Å²) in [5, 5.41) is 23.2. The van der Waals surface area contributed by atoms with Gasteiger partial charge in [0.05, 0.1) is 11.1 Å².